The summed E-state index contributed by atoms with van der Waals surface area (Å²) in [5, 5.41) is 18.8. The molecule has 6 heteroatoms. The van der Waals surface area contributed by atoms with Gasteiger partial charge >= 0.3 is 6.03 Å². The standard InChI is InChI=1S/C17H19N3O2S/c1-20-11-14(13-6-2-3-7-15(13)20)16(21)10-19-17(22)18-9-12-5-4-8-23-12/h2-8,11,16,21H,9-10H2,1H3,(H2,18,19,22). The van der Waals surface area contributed by atoms with Crippen molar-refractivity contribution in [1.82, 2.24) is 15.2 Å². The van der Waals surface area contributed by atoms with Gasteiger partial charge in [-0.15, -0.1) is 11.3 Å². The van der Waals surface area contributed by atoms with Crippen molar-refractivity contribution in [3.8, 4) is 0 Å². The topological polar surface area (TPSA) is 66.3 Å². The average molecular weight is 329 g/mol. The number of carbonyl (C=O) groups is 1. The lowest BCUT2D eigenvalue weighted by atomic mass is 10.1. The predicted octanol–water partition coefficient (Wildman–Crippen LogP) is 2.77. The number of para-hydroxylation sites is 1. The van der Waals surface area contributed by atoms with Crippen LogP contribution in [0.25, 0.3) is 10.9 Å². The van der Waals surface area contributed by atoms with E-state index in [4.69, 9.17) is 0 Å². The van der Waals surface area contributed by atoms with Crippen molar-refractivity contribution in [1.29, 1.82) is 0 Å². The molecule has 2 amide bonds. The van der Waals surface area contributed by atoms with Crippen molar-refractivity contribution < 1.29 is 9.90 Å². The number of nitrogens with zero attached hydrogens (tertiary/aromatic N) is 1. The molecule has 0 spiro atoms. The molecule has 2 heterocycles. The van der Waals surface area contributed by atoms with Gasteiger partial charge in [0.1, 0.15) is 0 Å². The van der Waals surface area contributed by atoms with Crippen molar-refractivity contribution in [2.24, 2.45) is 7.05 Å². The van der Waals surface area contributed by atoms with Crippen LogP contribution >= 0.6 is 11.3 Å². The number of urea groups is 1. The Kier molecular flexibility index (Phi) is 4.64. The quantitative estimate of drug-likeness (QED) is 0.674. The van der Waals surface area contributed by atoms with E-state index in [1.165, 1.54) is 0 Å². The van der Waals surface area contributed by atoms with Crippen LogP contribution in [0.1, 0.15) is 16.5 Å². The van der Waals surface area contributed by atoms with Gasteiger partial charge in [-0.2, -0.15) is 0 Å². The fraction of sp³-hybridized carbons (Fsp3) is 0.235. The molecule has 5 nitrogen and oxygen atoms in total. The molecular formula is C17H19N3O2S. The zero-order valence-electron chi connectivity index (χ0n) is 12.8. The summed E-state index contributed by atoms with van der Waals surface area (Å²) >= 11 is 1.60. The summed E-state index contributed by atoms with van der Waals surface area (Å²) in [6.45, 7) is 0.665. The van der Waals surface area contributed by atoms with Gasteiger partial charge in [-0.1, -0.05) is 24.3 Å². The largest absolute Gasteiger partial charge is 0.386 e. The molecule has 0 saturated carbocycles. The summed E-state index contributed by atoms with van der Waals surface area (Å²) in [6, 6.07) is 11.5. The van der Waals surface area contributed by atoms with Crippen molar-refractivity contribution in [2.75, 3.05) is 6.54 Å². The zero-order chi connectivity index (χ0) is 16.2. The van der Waals surface area contributed by atoms with Gasteiger partial charge in [0.25, 0.3) is 0 Å². The van der Waals surface area contributed by atoms with Gasteiger partial charge in [0.05, 0.1) is 12.6 Å². The third kappa shape index (κ3) is 3.55. The molecule has 1 atom stereocenters. The third-order valence-corrected chi connectivity index (χ3v) is 4.62. The molecule has 0 bridgehead atoms. The number of amides is 2. The Bertz CT molecular complexity index is 795. The van der Waals surface area contributed by atoms with E-state index < -0.39 is 6.10 Å². The predicted molar refractivity (Wildman–Crippen MR) is 92.4 cm³/mol. The smallest absolute Gasteiger partial charge is 0.315 e. The number of rotatable bonds is 5. The molecule has 0 radical (unpaired) electrons. The lowest BCUT2D eigenvalue weighted by Crippen LogP contribution is -2.37. The highest BCUT2D eigenvalue weighted by Gasteiger charge is 2.15. The lowest BCUT2D eigenvalue weighted by molar-refractivity contribution is 0.174. The third-order valence-electron chi connectivity index (χ3n) is 3.75. The van der Waals surface area contributed by atoms with Crippen LogP contribution in [0, 0.1) is 0 Å². The van der Waals surface area contributed by atoms with E-state index in [1.54, 1.807) is 11.3 Å². The summed E-state index contributed by atoms with van der Waals surface area (Å²) in [6.07, 6.45) is 1.16. The summed E-state index contributed by atoms with van der Waals surface area (Å²) in [7, 11) is 1.94. The molecule has 0 aliphatic heterocycles. The maximum absolute atomic E-state index is 11.8. The number of aromatic nitrogens is 1. The fourth-order valence-corrected chi connectivity index (χ4v) is 3.23. The fourth-order valence-electron chi connectivity index (χ4n) is 2.58. The molecule has 3 rings (SSSR count). The van der Waals surface area contributed by atoms with Gasteiger partial charge in [-0.3, -0.25) is 0 Å². The Balaban J connectivity index is 1.58. The average Bonchev–Trinajstić information content (AvgIpc) is 3.19. The first kappa shape index (κ1) is 15.6. The van der Waals surface area contributed by atoms with Crippen LogP contribution in [0.5, 0.6) is 0 Å². The minimum absolute atomic E-state index is 0.171. The number of nitrogens with one attached hydrogen (secondary N) is 2. The van der Waals surface area contributed by atoms with Gasteiger partial charge in [0.2, 0.25) is 0 Å². The number of aliphatic hydroxyl groups excluding tert-OH is 1. The first-order chi connectivity index (χ1) is 11.1. The summed E-state index contributed by atoms with van der Waals surface area (Å²) in [5.41, 5.74) is 1.88. The number of aryl methyl sites for hydroxylation is 1. The normalized spacial score (nSPS) is 12.3. The van der Waals surface area contributed by atoms with Crippen LogP contribution in [0.15, 0.2) is 48.0 Å². The van der Waals surface area contributed by atoms with Crippen molar-refractivity contribution in [2.45, 2.75) is 12.6 Å². The van der Waals surface area contributed by atoms with E-state index in [1.807, 2.05) is 59.6 Å². The number of benzene rings is 1. The van der Waals surface area contributed by atoms with Crippen LogP contribution in [0.2, 0.25) is 0 Å². The number of fused-ring (bicyclic) bond motifs is 1. The second-order valence-electron chi connectivity index (χ2n) is 5.37. The van der Waals surface area contributed by atoms with E-state index in [9.17, 15) is 9.90 Å². The van der Waals surface area contributed by atoms with E-state index >= 15 is 0 Å². The van der Waals surface area contributed by atoms with Crippen LogP contribution in [-0.4, -0.2) is 22.2 Å². The maximum Gasteiger partial charge on any atom is 0.315 e. The van der Waals surface area contributed by atoms with Gasteiger partial charge in [-0.05, 0) is 17.5 Å². The van der Waals surface area contributed by atoms with Gasteiger partial charge in [0, 0.05) is 41.1 Å². The van der Waals surface area contributed by atoms with Crippen LogP contribution in [-0.2, 0) is 13.6 Å². The van der Waals surface area contributed by atoms with Crippen molar-refractivity contribution in [3.63, 3.8) is 0 Å². The highest BCUT2D eigenvalue weighted by atomic mass is 32.1. The summed E-state index contributed by atoms with van der Waals surface area (Å²) < 4.78 is 1.98. The molecule has 1 aromatic carbocycles. The molecule has 23 heavy (non-hydrogen) atoms. The van der Waals surface area contributed by atoms with E-state index in [2.05, 4.69) is 10.6 Å². The maximum atomic E-state index is 11.8. The molecule has 2 aromatic heterocycles. The summed E-state index contributed by atoms with van der Waals surface area (Å²) in [5.74, 6) is 0. The Hall–Kier alpha value is -2.31. The number of hydrogen-bond acceptors (Lipinski definition) is 3. The first-order valence-corrected chi connectivity index (χ1v) is 8.29. The highest BCUT2D eigenvalue weighted by Crippen LogP contribution is 2.25. The minimum atomic E-state index is -0.742. The highest BCUT2D eigenvalue weighted by molar-refractivity contribution is 7.09. The first-order valence-electron chi connectivity index (χ1n) is 7.41. The van der Waals surface area contributed by atoms with E-state index in [-0.39, 0.29) is 12.6 Å². The molecule has 3 aromatic rings. The zero-order valence-corrected chi connectivity index (χ0v) is 13.6. The molecule has 0 aliphatic rings. The molecule has 1 unspecified atom stereocenters. The Morgan fingerprint density at radius 2 is 2.09 bits per heavy atom. The molecular weight excluding hydrogens is 310 g/mol. The minimum Gasteiger partial charge on any atom is -0.386 e. The molecule has 0 fully saturated rings. The molecule has 3 N–H and O–H groups in total. The second kappa shape index (κ2) is 6.85. The molecule has 0 aliphatic carbocycles. The second-order valence-corrected chi connectivity index (χ2v) is 6.40. The number of hydrogen-bond donors (Lipinski definition) is 3. The lowest BCUT2D eigenvalue weighted by Gasteiger charge is -2.12. The monoisotopic (exact) mass is 329 g/mol. The van der Waals surface area contributed by atoms with Crippen LogP contribution < -0.4 is 10.6 Å². The van der Waals surface area contributed by atoms with Crippen molar-refractivity contribution in [3.05, 3.63) is 58.4 Å². The SMILES string of the molecule is Cn1cc(C(O)CNC(=O)NCc2cccs2)c2ccccc21. The van der Waals surface area contributed by atoms with Crippen LogP contribution in [0.3, 0.4) is 0 Å². The summed E-state index contributed by atoms with van der Waals surface area (Å²) in [4.78, 5) is 12.9. The van der Waals surface area contributed by atoms with E-state index in [0.29, 0.717) is 6.54 Å². The number of aliphatic hydroxyl groups is 1. The van der Waals surface area contributed by atoms with E-state index in [0.717, 1.165) is 21.3 Å². The number of carbonyl (C=O) groups excluding carboxylic acids is 1. The van der Waals surface area contributed by atoms with Crippen molar-refractivity contribution >= 4 is 28.3 Å². The Morgan fingerprint density at radius 3 is 2.87 bits per heavy atom. The molecule has 120 valence electrons. The van der Waals surface area contributed by atoms with Gasteiger partial charge < -0.3 is 20.3 Å². The number of thiophene rings is 1. The van der Waals surface area contributed by atoms with Gasteiger partial charge in [-0.25, -0.2) is 4.79 Å². The molecule has 0 saturated heterocycles. The Labute approximate surface area is 138 Å². The van der Waals surface area contributed by atoms with Gasteiger partial charge in [0.15, 0.2) is 0 Å². The van der Waals surface area contributed by atoms with Crippen LogP contribution in [0.4, 0.5) is 4.79 Å². The Morgan fingerprint density at radius 1 is 1.26 bits per heavy atom.